The van der Waals surface area contributed by atoms with Crippen LogP contribution in [0.3, 0.4) is 0 Å². The van der Waals surface area contributed by atoms with Crippen molar-refractivity contribution in [2.75, 3.05) is 0 Å². The first-order chi connectivity index (χ1) is 6.93. The first kappa shape index (κ1) is 11.8. The van der Waals surface area contributed by atoms with Crippen molar-refractivity contribution < 1.29 is 18.8 Å². The fourth-order valence-electron chi connectivity index (χ4n) is 1.30. The molecule has 0 saturated heterocycles. The summed E-state index contributed by atoms with van der Waals surface area (Å²) in [6, 6.07) is 3.38. The lowest BCUT2D eigenvalue weighted by molar-refractivity contribution is 0.0730. The van der Waals surface area contributed by atoms with Crippen molar-refractivity contribution in [3.63, 3.8) is 0 Å². The molecule has 0 heterocycles. The summed E-state index contributed by atoms with van der Waals surface area (Å²) in [6.07, 6.45) is 0. The molecule has 5 heteroatoms. The maximum atomic E-state index is 11.4. The maximum absolute atomic E-state index is 11.4. The highest BCUT2D eigenvalue weighted by Gasteiger charge is 2.23. The minimum Gasteiger partial charge on any atom is -0.241 e. The van der Waals surface area contributed by atoms with Crippen LogP contribution in [0.4, 0.5) is 0 Å². The summed E-state index contributed by atoms with van der Waals surface area (Å²) in [5.74, 6) is -0.765. The summed E-state index contributed by atoms with van der Waals surface area (Å²) in [5, 5.41) is 0. The van der Waals surface area contributed by atoms with Crippen LogP contribution in [0.25, 0.3) is 0 Å². The van der Waals surface area contributed by atoms with E-state index in [4.69, 9.17) is 4.89 Å². The van der Waals surface area contributed by atoms with Gasteiger partial charge in [-0.3, -0.25) is 0 Å². The highest BCUT2D eigenvalue weighted by atomic mass is 31.1. The van der Waals surface area contributed by atoms with Gasteiger partial charge in [-0.25, -0.2) is 4.79 Å². The Kier molecular flexibility index (Phi) is 3.56. The van der Waals surface area contributed by atoms with E-state index in [0.717, 1.165) is 16.7 Å². The molecule has 0 spiro atoms. The lowest BCUT2D eigenvalue weighted by Gasteiger charge is -2.06. The van der Waals surface area contributed by atoms with Gasteiger partial charge in [-0.1, -0.05) is 6.07 Å². The number of carbonyl (C=O) groups excluding carboxylic acids is 1. The van der Waals surface area contributed by atoms with Gasteiger partial charge in [0.1, 0.15) is 0 Å². The SMILES string of the molecule is Cc1ccc(C(=O)O[P+](=O)O)c(C)c1C. The van der Waals surface area contributed by atoms with E-state index in [-0.39, 0.29) is 0 Å². The molecule has 15 heavy (non-hydrogen) atoms. The third kappa shape index (κ3) is 2.61. The van der Waals surface area contributed by atoms with Crippen molar-refractivity contribution in [1.82, 2.24) is 0 Å². The van der Waals surface area contributed by atoms with Crippen LogP contribution in [0.5, 0.6) is 0 Å². The van der Waals surface area contributed by atoms with Gasteiger partial charge in [0, 0.05) is 4.57 Å². The largest absolute Gasteiger partial charge is 0.750 e. The predicted molar refractivity (Wildman–Crippen MR) is 55.9 cm³/mol. The van der Waals surface area contributed by atoms with Gasteiger partial charge in [0.2, 0.25) is 0 Å². The molecule has 0 bridgehead atoms. The number of carbonyl (C=O) groups is 1. The van der Waals surface area contributed by atoms with Crippen LogP contribution in [0.2, 0.25) is 0 Å². The Morgan fingerprint density at radius 3 is 2.40 bits per heavy atom. The van der Waals surface area contributed by atoms with Crippen molar-refractivity contribution in [1.29, 1.82) is 0 Å². The molecule has 1 rings (SSSR count). The molecule has 1 aromatic rings. The number of benzene rings is 1. The molecule has 80 valence electrons. The van der Waals surface area contributed by atoms with Crippen molar-refractivity contribution in [2.24, 2.45) is 0 Å². The van der Waals surface area contributed by atoms with Gasteiger partial charge in [-0.2, -0.15) is 4.52 Å². The lowest BCUT2D eigenvalue weighted by Crippen LogP contribution is -2.04. The van der Waals surface area contributed by atoms with Gasteiger partial charge in [-0.05, 0) is 43.5 Å². The summed E-state index contributed by atoms with van der Waals surface area (Å²) in [5.41, 5.74) is 3.16. The minimum absolute atomic E-state index is 0.329. The summed E-state index contributed by atoms with van der Waals surface area (Å²) >= 11 is 0. The number of hydrogen-bond donors (Lipinski definition) is 1. The van der Waals surface area contributed by atoms with Gasteiger partial charge in [0.15, 0.2) is 0 Å². The molecule has 0 radical (unpaired) electrons. The zero-order valence-corrected chi connectivity index (χ0v) is 9.67. The van der Waals surface area contributed by atoms with Crippen LogP contribution >= 0.6 is 8.25 Å². The van der Waals surface area contributed by atoms with E-state index in [1.54, 1.807) is 19.1 Å². The van der Waals surface area contributed by atoms with Crippen LogP contribution in [0, 0.1) is 20.8 Å². The van der Waals surface area contributed by atoms with Gasteiger partial charge in [0.25, 0.3) is 0 Å². The van der Waals surface area contributed by atoms with E-state index < -0.39 is 14.2 Å². The van der Waals surface area contributed by atoms with E-state index in [9.17, 15) is 9.36 Å². The molecule has 0 aliphatic carbocycles. The Balaban J connectivity index is 3.11. The standard InChI is InChI=1S/C10H11O4P/c1-6-4-5-9(8(3)7(6)2)10(11)14-15(12)13/h4-5H,1-3H3/p+1. The van der Waals surface area contributed by atoms with E-state index >= 15 is 0 Å². The Labute approximate surface area is 88.8 Å². The zero-order valence-electron chi connectivity index (χ0n) is 8.77. The average molecular weight is 227 g/mol. The maximum Gasteiger partial charge on any atom is 0.750 e. The Morgan fingerprint density at radius 2 is 1.87 bits per heavy atom. The number of rotatable bonds is 2. The molecule has 1 N–H and O–H groups in total. The second-order valence-corrected chi connectivity index (χ2v) is 3.95. The topological polar surface area (TPSA) is 63.6 Å². The molecule has 0 aromatic heterocycles. The van der Waals surface area contributed by atoms with Crippen molar-refractivity contribution in [3.8, 4) is 0 Å². The molecule has 1 aromatic carbocycles. The van der Waals surface area contributed by atoms with Crippen LogP contribution in [0.15, 0.2) is 12.1 Å². The quantitative estimate of drug-likeness (QED) is 0.788. The molecule has 0 aliphatic rings. The minimum atomic E-state index is -2.89. The van der Waals surface area contributed by atoms with Crippen LogP contribution < -0.4 is 0 Å². The Hall–Kier alpha value is -1.25. The van der Waals surface area contributed by atoms with Crippen LogP contribution in [-0.4, -0.2) is 10.9 Å². The number of aryl methyl sites for hydroxylation is 1. The summed E-state index contributed by atoms with van der Waals surface area (Å²) in [7, 11) is -2.89. The average Bonchev–Trinajstić information content (AvgIpc) is 2.13. The van der Waals surface area contributed by atoms with Gasteiger partial charge >= 0.3 is 14.2 Å². The van der Waals surface area contributed by atoms with Crippen molar-refractivity contribution in [2.45, 2.75) is 20.8 Å². The van der Waals surface area contributed by atoms with E-state index in [1.165, 1.54) is 0 Å². The van der Waals surface area contributed by atoms with E-state index in [1.807, 2.05) is 13.8 Å². The van der Waals surface area contributed by atoms with Crippen LogP contribution in [0.1, 0.15) is 27.0 Å². The monoisotopic (exact) mass is 227 g/mol. The third-order valence-electron chi connectivity index (χ3n) is 2.44. The fraction of sp³-hybridized carbons (Fsp3) is 0.300. The molecular formula is C10H12O4P+. The molecule has 0 aliphatic heterocycles. The zero-order chi connectivity index (χ0) is 11.6. The molecule has 0 fully saturated rings. The Morgan fingerprint density at radius 1 is 1.27 bits per heavy atom. The van der Waals surface area contributed by atoms with Gasteiger partial charge in [-0.15, -0.1) is 4.89 Å². The van der Waals surface area contributed by atoms with Gasteiger partial charge in [0.05, 0.1) is 5.56 Å². The first-order valence-electron chi connectivity index (χ1n) is 4.38. The fourth-order valence-corrected chi connectivity index (χ4v) is 1.54. The number of hydrogen-bond acceptors (Lipinski definition) is 3. The molecule has 1 unspecified atom stereocenters. The molecule has 1 atom stereocenters. The summed E-state index contributed by atoms with van der Waals surface area (Å²) in [4.78, 5) is 19.8. The molecule has 0 amide bonds. The van der Waals surface area contributed by atoms with Crippen LogP contribution in [-0.2, 0) is 9.09 Å². The highest BCUT2D eigenvalue weighted by Crippen LogP contribution is 2.22. The van der Waals surface area contributed by atoms with Gasteiger partial charge < -0.3 is 0 Å². The second kappa shape index (κ2) is 4.51. The third-order valence-corrected chi connectivity index (χ3v) is 2.76. The van der Waals surface area contributed by atoms with Crippen molar-refractivity contribution >= 4 is 14.2 Å². The normalized spacial score (nSPS) is 11.1. The van der Waals surface area contributed by atoms with E-state index in [2.05, 4.69) is 4.52 Å². The lowest BCUT2D eigenvalue weighted by atomic mass is 9.99. The molecular weight excluding hydrogens is 215 g/mol. The smallest absolute Gasteiger partial charge is 0.241 e. The van der Waals surface area contributed by atoms with E-state index in [0.29, 0.717) is 5.56 Å². The predicted octanol–water partition coefficient (Wildman–Crippen LogP) is 2.42. The molecule has 0 saturated carbocycles. The highest BCUT2D eigenvalue weighted by molar-refractivity contribution is 7.32. The first-order valence-corrected chi connectivity index (χ1v) is 5.51. The summed E-state index contributed by atoms with van der Waals surface area (Å²) < 4.78 is 14.6. The summed E-state index contributed by atoms with van der Waals surface area (Å²) in [6.45, 7) is 5.60. The molecule has 4 nitrogen and oxygen atoms in total. The van der Waals surface area contributed by atoms with Crippen molar-refractivity contribution in [3.05, 3.63) is 34.4 Å². The second-order valence-electron chi connectivity index (χ2n) is 3.30. The Bertz CT molecular complexity index is 426.